The molecule has 0 N–H and O–H groups in total. The zero-order valence-electron chi connectivity index (χ0n) is 16.2. The average Bonchev–Trinajstić information content (AvgIpc) is 2.89. The van der Waals surface area contributed by atoms with Gasteiger partial charge >= 0.3 is 0 Å². The number of fused-ring (bicyclic) bond motifs is 4. The molecule has 0 aliphatic heterocycles. The summed E-state index contributed by atoms with van der Waals surface area (Å²) in [7, 11) is 0. The molecule has 27 heavy (non-hydrogen) atoms. The SMILES string of the molecule is Cc1ccc2c(c1)C(C)(C)c1cc(Cc3cccc4ccccc34)ccc1-2. The van der Waals surface area contributed by atoms with Gasteiger partial charge in [0.1, 0.15) is 0 Å². The number of rotatable bonds is 2. The molecule has 0 aromatic heterocycles. The van der Waals surface area contributed by atoms with Crippen molar-refractivity contribution >= 4 is 10.8 Å². The summed E-state index contributed by atoms with van der Waals surface area (Å²) in [5, 5.41) is 2.68. The first kappa shape index (κ1) is 16.3. The largest absolute Gasteiger partial charge is 0.0616 e. The van der Waals surface area contributed by atoms with E-state index in [1.807, 2.05) is 0 Å². The Labute approximate surface area is 161 Å². The Kier molecular flexibility index (Phi) is 3.52. The number of hydrogen-bond donors (Lipinski definition) is 0. The summed E-state index contributed by atoms with van der Waals surface area (Å²) < 4.78 is 0. The minimum absolute atomic E-state index is 0.0610. The second-order valence-corrected chi connectivity index (χ2v) is 8.37. The normalized spacial score (nSPS) is 14.2. The monoisotopic (exact) mass is 348 g/mol. The van der Waals surface area contributed by atoms with Gasteiger partial charge in [-0.1, -0.05) is 98.3 Å². The maximum Gasteiger partial charge on any atom is 0.0159 e. The van der Waals surface area contributed by atoms with Crippen LogP contribution in [0.3, 0.4) is 0 Å². The van der Waals surface area contributed by atoms with Crippen LogP contribution < -0.4 is 0 Å². The molecule has 0 heteroatoms. The van der Waals surface area contributed by atoms with E-state index >= 15 is 0 Å². The second kappa shape index (κ2) is 5.82. The maximum absolute atomic E-state index is 2.44. The van der Waals surface area contributed by atoms with E-state index in [1.165, 1.54) is 49.7 Å². The predicted octanol–water partition coefficient (Wildman–Crippen LogP) is 7.05. The predicted molar refractivity (Wildman–Crippen MR) is 115 cm³/mol. The minimum atomic E-state index is 0.0610. The van der Waals surface area contributed by atoms with Gasteiger partial charge in [-0.3, -0.25) is 0 Å². The van der Waals surface area contributed by atoms with Gasteiger partial charge in [0.15, 0.2) is 0 Å². The van der Waals surface area contributed by atoms with Crippen LogP contribution in [-0.4, -0.2) is 0 Å². The lowest BCUT2D eigenvalue weighted by molar-refractivity contribution is 0.659. The first-order valence-corrected chi connectivity index (χ1v) is 9.75. The van der Waals surface area contributed by atoms with Crippen molar-refractivity contribution in [3.05, 3.63) is 107 Å². The number of hydrogen-bond acceptors (Lipinski definition) is 0. The molecule has 0 saturated carbocycles. The summed E-state index contributed by atoms with van der Waals surface area (Å²) in [6.45, 7) is 6.91. The molecule has 0 radical (unpaired) electrons. The quantitative estimate of drug-likeness (QED) is 0.364. The van der Waals surface area contributed by atoms with Crippen molar-refractivity contribution in [1.82, 2.24) is 0 Å². The van der Waals surface area contributed by atoms with Crippen LogP contribution in [0.25, 0.3) is 21.9 Å². The Hall–Kier alpha value is -2.86. The van der Waals surface area contributed by atoms with Crippen LogP contribution in [0.2, 0.25) is 0 Å². The van der Waals surface area contributed by atoms with Gasteiger partial charge in [-0.15, -0.1) is 0 Å². The van der Waals surface area contributed by atoms with Gasteiger partial charge in [-0.25, -0.2) is 0 Å². The van der Waals surface area contributed by atoms with Gasteiger partial charge in [0, 0.05) is 5.41 Å². The van der Waals surface area contributed by atoms with E-state index in [4.69, 9.17) is 0 Å². The fourth-order valence-electron chi connectivity index (χ4n) is 4.68. The van der Waals surface area contributed by atoms with Crippen LogP contribution in [0.4, 0.5) is 0 Å². The summed E-state index contributed by atoms with van der Waals surface area (Å²) in [5.41, 5.74) is 9.91. The van der Waals surface area contributed by atoms with Crippen molar-refractivity contribution in [3.63, 3.8) is 0 Å². The van der Waals surface area contributed by atoms with Gasteiger partial charge in [0.2, 0.25) is 0 Å². The Morgan fingerprint density at radius 3 is 2.26 bits per heavy atom. The number of aryl methyl sites for hydroxylation is 1. The molecular formula is C27H24. The molecule has 4 aromatic rings. The topological polar surface area (TPSA) is 0 Å². The lowest BCUT2D eigenvalue weighted by Gasteiger charge is -2.22. The third-order valence-corrected chi connectivity index (χ3v) is 6.17. The van der Waals surface area contributed by atoms with Crippen LogP contribution >= 0.6 is 0 Å². The summed E-state index contributed by atoms with van der Waals surface area (Å²) in [6.07, 6.45) is 0.972. The van der Waals surface area contributed by atoms with Crippen molar-refractivity contribution in [3.8, 4) is 11.1 Å². The zero-order chi connectivity index (χ0) is 18.6. The highest BCUT2D eigenvalue weighted by Gasteiger charge is 2.35. The molecule has 0 unspecified atom stereocenters. The Morgan fingerprint density at radius 2 is 1.41 bits per heavy atom. The van der Waals surface area contributed by atoms with Gasteiger partial charge in [0.25, 0.3) is 0 Å². The molecule has 1 aliphatic carbocycles. The minimum Gasteiger partial charge on any atom is -0.0616 e. The van der Waals surface area contributed by atoms with Crippen LogP contribution in [0.15, 0.2) is 78.9 Å². The summed E-state index contributed by atoms with van der Waals surface area (Å²) in [4.78, 5) is 0. The smallest absolute Gasteiger partial charge is 0.0159 e. The third-order valence-electron chi connectivity index (χ3n) is 6.17. The van der Waals surface area contributed by atoms with Crippen LogP contribution in [0.1, 0.15) is 41.7 Å². The molecule has 5 rings (SSSR count). The molecule has 0 nitrogen and oxygen atoms in total. The van der Waals surface area contributed by atoms with E-state index in [9.17, 15) is 0 Å². The zero-order valence-corrected chi connectivity index (χ0v) is 16.2. The van der Waals surface area contributed by atoms with Crippen LogP contribution in [0.5, 0.6) is 0 Å². The molecule has 0 fully saturated rings. The van der Waals surface area contributed by atoms with Gasteiger partial charge in [-0.2, -0.15) is 0 Å². The lowest BCUT2D eigenvalue weighted by atomic mass is 9.81. The van der Waals surface area contributed by atoms with Crippen molar-refractivity contribution in [1.29, 1.82) is 0 Å². The van der Waals surface area contributed by atoms with Gasteiger partial charge in [0.05, 0.1) is 0 Å². The second-order valence-electron chi connectivity index (χ2n) is 8.37. The van der Waals surface area contributed by atoms with E-state index in [2.05, 4.69) is 99.6 Å². The van der Waals surface area contributed by atoms with Gasteiger partial charge < -0.3 is 0 Å². The fraction of sp³-hybridized carbons (Fsp3) is 0.185. The summed E-state index contributed by atoms with van der Waals surface area (Å²) in [6, 6.07) is 29.3. The average molecular weight is 348 g/mol. The van der Waals surface area contributed by atoms with Crippen molar-refractivity contribution in [2.75, 3.05) is 0 Å². The Morgan fingerprint density at radius 1 is 0.704 bits per heavy atom. The van der Waals surface area contributed by atoms with Gasteiger partial charge in [-0.05, 0) is 57.5 Å². The van der Waals surface area contributed by atoms with Crippen LogP contribution in [0, 0.1) is 6.92 Å². The highest BCUT2D eigenvalue weighted by molar-refractivity contribution is 5.86. The van der Waals surface area contributed by atoms with Crippen molar-refractivity contribution < 1.29 is 0 Å². The standard InChI is InChI=1S/C27H24/c1-18-11-13-23-24-14-12-19(17-26(24)27(2,3)25(23)15-18)16-21-9-6-8-20-7-4-5-10-22(20)21/h4-15,17H,16H2,1-3H3. The molecule has 1 aliphatic rings. The summed E-state index contributed by atoms with van der Waals surface area (Å²) >= 11 is 0. The first-order valence-electron chi connectivity index (χ1n) is 9.75. The molecule has 0 saturated heterocycles. The Bertz CT molecular complexity index is 1170. The van der Waals surface area contributed by atoms with Crippen molar-refractivity contribution in [2.45, 2.75) is 32.6 Å². The first-order chi connectivity index (χ1) is 13.0. The number of benzene rings is 4. The highest BCUT2D eigenvalue weighted by Crippen LogP contribution is 2.49. The van der Waals surface area contributed by atoms with E-state index in [0.29, 0.717) is 0 Å². The molecule has 0 spiro atoms. The highest BCUT2D eigenvalue weighted by atomic mass is 14.4. The van der Waals surface area contributed by atoms with Crippen molar-refractivity contribution in [2.24, 2.45) is 0 Å². The molecular weight excluding hydrogens is 324 g/mol. The molecule has 132 valence electrons. The molecule has 0 bridgehead atoms. The lowest BCUT2D eigenvalue weighted by Crippen LogP contribution is -2.15. The summed E-state index contributed by atoms with van der Waals surface area (Å²) in [5.74, 6) is 0. The molecule has 4 aromatic carbocycles. The third kappa shape index (κ3) is 2.51. The Balaban J connectivity index is 1.60. The van der Waals surface area contributed by atoms with E-state index in [1.54, 1.807) is 0 Å². The molecule has 0 amide bonds. The molecule has 0 heterocycles. The van der Waals surface area contributed by atoms with Crippen LogP contribution in [-0.2, 0) is 11.8 Å². The van der Waals surface area contributed by atoms with E-state index in [-0.39, 0.29) is 5.41 Å². The van der Waals surface area contributed by atoms with E-state index < -0.39 is 0 Å². The molecule has 0 atom stereocenters. The maximum atomic E-state index is 2.44. The van der Waals surface area contributed by atoms with E-state index in [0.717, 1.165) is 6.42 Å². The fourth-order valence-corrected chi connectivity index (χ4v) is 4.68.